The number of anilines is 1. The molecule has 1 N–H and O–H groups in total. The van der Waals surface area contributed by atoms with Crippen LogP contribution >= 0.6 is 0 Å². The van der Waals surface area contributed by atoms with Crippen LogP contribution in [-0.2, 0) is 4.79 Å². The molecule has 0 bridgehead atoms. The van der Waals surface area contributed by atoms with Gasteiger partial charge >= 0.3 is 0 Å². The van der Waals surface area contributed by atoms with Crippen molar-refractivity contribution in [3.63, 3.8) is 0 Å². The maximum absolute atomic E-state index is 13.9. The molecular formula is C29H41NO. The minimum atomic E-state index is 0.0198. The Morgan fingerprint density at radius 2 is 1.65 bits per heavy atom. The Labute approximate surface area is 189 Å². The van der Waals surface area contributed by atoms with Gasteiger partial charge in [0.15, 0.2) is 0 Å². The molecule has 3 atom stereocenters. The quantitative estimate of drug-likeness (QED) is 0.481. The Kier molecular flexibility index (Phi) is 8.35. The van der Waals surface area contributed by atoms with Crippen LogP contribution < -0.4 is 5.32 Å². The van der Waals surface area contributed by atoms with Gasteiger partial charge in [-0.25, -0.2) is 0 Å². The summed E-state index contributed by atoms with van der Waals surface area (Å²) in [5, 5.41) is 3.38. The molecule has 2 aromatic rings. The van der Waals surface area contributed by atoms with E-state index in [9.17, 15) is 4.79 Å². The van der Waals surface area contributed by atoms with Gasteiger partial charge in [0, 0.05) is 11.6 Å². The Balaban J connectivity index is 2.03. The molecule has 3 rings (SSSR count). The smallest absolute Gasteiger partial charge is 0.228 e. The Bertz CT molecular complexity index is 823. The van der Waals surface area contributed by atoms with Gasteiger partial charge < -0.3 is 5.32 Å². The number of amides is 1. The van der Waals surface area contributed by atoms with Crippen LogP contribution in [0.2, 0.25) is 0 Å². The summed E-state index contributed by atoms with van der Waals surface area (Å²) in [5.41, 5.74) is 4.73. The fraction of sp³-hybridized carbons (Fsp3) is 0.552. The average Bonchev–Trinajstić information content (AvgIpc) is 2.75. The van der Waals surface area contributed by atoms with Crippen molar-refractivity contribution in [2.24, 2.45) is 11.3 Å². The highest BCUT2D eigenvalue weighted by Crippen LogP contribution is 2.54. The Morgan fingerprint density at radius 3 is 2.29 bits per heavy atom. The average molecular weight is 420 g/mol. The zero-order chi connectivity index (χ0) is 22.3. The zero-order valence-electron chi connectivity index (χ0n) is 20.0. The monoisotopic (exact) mass is 419 g/mol. The van der Waals surface area contributed by atoms with Gasteiger partial charge in [0.1, 0.15) is 0 Å². The summed E-state index contributed by atoms with van der Waals surface area (Å²) >= 11 is 0. The maximum atomic E-state index is 13.9. The predicted octanol–water partition coefficient (Wildman–Crippen LogP) is 8.19. The normalized spacial score (nSPS) is 22.9. The van der Waals surface area contributed by atoms with Crippen molar-refractivity contribution in [1.82, 2.24) is 0 Å². The van der Waals surface area contributed by atoms with Crippen LogP contribution in [0.15, 0.2) is 48.5 Å². The van der Waals surface area contributed by atoms with Gasteiger partial charge in [-0.3, -0.25) is 4.79 Å². The van der Waals surface area contributed by atoms with Gasteiger partial charge in [0.2, 0.25) is 5.91 Å². The van der Waals surface area contributed by atoms with Crippen molar-refractivity contribution >= 4 is 11.6 Å². The van der Waals surface area contributed by atoms with E-state index in [0.717, 1.165) is 42.5 Å². The molecule has 1 saturated carbocycles. The zero-order valence-corrected chi connectivity index (χ0v) is 20.0. The van der Waals surface area contributed by atoms with Crippen LogP contribution in [-0.4, -0.2) is 5.91 Å². The van der Waals surface area contributed by atoms with Crippen LogP contribution in [0.25, 0.3) is 0 Å². The molecule has 31 heavy (non-hydrogen) atoms. The van der Waals surface area contributed by atoms with Gasteiger partial charge in [0.25, 0.3) is 0 Å². The minimum absolute atomic E-state index is 0.0198. The van der Waals surface area contributed by atoms with E-state index in [1.807, 2.05) is 0 Å². The summed E-state index contributed by atoms with van der Waals surface area (Å²) in [6, 6.07) is 17.3. The van der Waals surface area contributed by atoms with Crippen molar-refractivity contribution in [2.75, 3.05) is 5.32 Å². The molecule has 0 aliphatic heterocycles. The van der Waals surface area contributed by atoms with Gasteiger partial charge in [-0.2, -0.15) is 0 Å². The van der Waals surface area contributed by atoms with Crippen molar-refractivity contribution in [3.8, 4) is 0 Å². The van der Waals surface area contributed by atoms with Crippen molar-refractivity contribution in [3.05, 3.63) is 65.2 Å². The molecular weight excluding hydrogens is 378 g/mol. The predicted molar refractivity (Wildman–Crippen MR) is 133 cm³/mol. The molecule has 2 aromatic carbocycles. The third kappa shape index (κ3) is 5.22. The number of carbonyl (C=O) groups is 1. The number of aryl methyl sites for hydroxylation is 2. The molecule has 2 nitrogen and oxygen atoms in total. The molecule has 0 spiro atoms. The number of hydrogen-bond acceptors (Lipinski definition) is 1. The fourth-order valence-corrected chi connectivity index (χ4v) is 6.23. The Hall–Kier alpha value is -2.09. The molecule has 0 heterocycles. The van der Waals surface area contributed by atoms with Gasteiger partial charge in [-0.15, -0.1) is 0 Å². The van der Waals surface area contributed by atoms with E-state index < -0.39 is 0 Å². The topological polar surface area (TPSA) is 29.1 Å². The van der Waals surface area contributed by atoms with E-state index >= 15 is 0 Å². The van der Waals surface area contributed by atoms with E-state index in [0.29, 0.717) is 5.92 Å². The second-order valence-electron chi connectivity index (χ2n) is 9.62. The van der Waals surface area contributed by atoms with E-state index in [1.54, 1.807) is 0 Å². The molecule has 0 radical (unpaired) electrons. The van der Waals surface area contributed by atoms with Crippen LogP contribution in [0.1, 0.15) is 94.2 Å². The summed E-state index contributed by atoms with van der Waals surface area (Å²) in [4.78, 5) is 13.9. The SMILES string of the molecule is CCCC1(C(CC)C(=O)Nc2c(C)cccc2C)CCCCCCC1c1ccccc1. The highest BCUT2D eigenvalue weighted by atomic mass is 16.1. The first-order valence-electron chi connectivity index (χ1n) is 12.5. The van der Waals surface area contributed by atoms with Crippen LogP contribution in [0.4, 0.5) is 5.69 Å². The lowest BCUT2D eigenvalue weighted by Gasteiger charge is -2.47. The minimum Gasteiger partial charge on any atom is -0.325 e. The highest BCUT2D eigenvalue weighted by molar-refractivity contribution is 5.94. The summed E-state index contributed by atoms with van der Waals surface area (Å²) < 4.78 is 0. The first-order valence-corrected chi connectivity index (χ1v) is 12.5. The second kappa shape index (κ2) is 11.0. The lowest BCUT2D eigenvalue weighted by Crippen LogP contribution is -2.43. The molecule has 1 fully saturated rings. The van der Waals surface area contributed by atoms with Crippen LogP contribution in [0.5, 0.6) is 0 Å². The molecule has 3 unspecified atom stereocenters. The standard InChI is InChI=1S/C29H41NO/c1-5-20-29(21-13-8-7-12-19-26(29)24-17-10-9-11-18-24)25(6-2)28(31)30-27-22(3)15-14-16-23(27)4/h9-11,14-18,25-26H,5-8,12-13,19-21H2,1-4H3,(H,30,31). The lowest BCUT2D eigenvalue weighted by atomic mass is 9.56. The number of para-hydroxylation sites is 1. The number of carbonyl (C=O) groups excluding carboxylic acids is 1. The summed E-state index contributed by atoms with van der Waals surface area (Å²) in [7, 11) is 0. The summed E-state index contributed by atoms with van der Waals surface area (Å²) in [6.07, 6.45) is 10.6. The van der Waals surface area contributed by atoms with Gasteiger partial charge in [-0.05, 0) is 67.6 Å². The van der Waals surface area contributed by atoms with E-state index in [2.05, 4.69) is 81.5 Å². The lowest BCUT2D eigenvalue weighted by molar-refractivity contribution is -0.126. The van der Waals surface area contributed by atoms with E-state index in [4.69, 9.17) is 0 Å². The number of benzene rings is 2. The molecule has 0 saturated heterocycles. The van der Waals surface area contributed by atoms with Gasteiger partial charge in [0.05, 0.1) is 0 Å². The maximum Gasteiger partial charge on any atom is 0.228 e. The highest BCUT2D eigenvalue weighted by Gasteiger charge is 2.47. The number of hydrogen-bond donors (Lipinski definition) is 1. The summed E-state index contributed by atoms with van der Waals surface area (Å²) in [6.45, 7) is 8.69. The van der Waals surface area contributed by atoms with Crippen molar-refractivity contribution in [2.45, 2.75) is 91.4 Å². The first kappa shape index (κ1) is 23.6. The van der Waals surface area contributed by atoms with Crippen molar-refractivity contribution in [1.29, 1.82) is 0 Å². The third-order valence-electron chi connectivity index (χ3n) is 7.64. The summed E-state index contributed by atoms with van der Waals surface area (Å²) in [5.74, 6) is 0.687. The molecule has 1 aliphatic rings. The molecule has 1 amide bonds. The molecule has 2 heteroatoms. The van der Waals surface area contributed by atoms with E-state index in [1.165, 1.54) is 37.7 Å². The molecule has 168 valence electrons. The number of nitrogens with one attached hydrogen (secondary N) is 1. The van der Waals surface area contributed by atoms with Crippen LogP contribution in [0, 0.1) is 25.2 Å². The van der Waals surface area contributed by atoms with Crippen LogP contribution in [0.3, 0.4) is 0 Å². The fourth-order valence-electron chi connectivity index (χ4n) is 6.23. The number of rotatable bonds is 7. The van der Waals surface area contributed by atoms with Crippen molar-refractivity contribution < 1.29 is 4.79 Å². The van der Waals surface area contributed by atoms with E-state index in [-0.39, 0.29) is 17.2 Å². The Morgan fingerprint density at radius 1 is 0.968 bits per heavy atom. The van der Waals surface area contributed by atoms with Gasteiger partial charge in [-0.1, -0.05) is 94.5 Å². The largest absolute Gasteiger partial charge is 0.325 e. The first-order chi connectivity index (χ1) is 15.0. The third-order valence-corrected chi connectivity index (χ3v) is 7.64. The molecule has 0 aromatic heterocycles. The second-order valence-corrected chi connectivity index (χ2v) is 9.62. The molecule has 1 aliphatic carbocycles.